The zero-order valence-electron chi connectivity index (χ0n) is 9.69. The molecular formula is C10H27NO. The molecule has 0 radical (unpaired) electrons. The molecule has 0 aromatic heterocycles. The number of amides is 1. The summed E-state index contributed by atoms with van der Waals surface area (Å²) < 4.78 is 0. The summed E-state index contributed by atoms with van der Waals surface area (Å²) >= 11 is 0. The van der Waals surface area contributed by atoms with E-state index in [1.807, 2.05) is 27.7 Å². The molecule has 0 saturated carbocycles. The maximum Gasteiger partial charge on any atom is 0.217 e. The van der Waals surface area contributed by atoms with Crippen LogP contribution in [0, 0.1) is 0 Å². The van der Waals surface area contributed by atoms with Gasteiger partial charge >= 0.3 is 0 Å². The molecule has 0 aliphatic heterocycles. The van der Waals surface area contributed by atoms with Crippen LogP contribution in [0.3, 0.4) is 0 Å². The van der Waals surface area contributed by atoms with E-state index in [1.165, 1.54) is 13.3 Å². The lowest BCUT2D eigenvalue weighted by atomic mass is 10.4. The molecule has 0 aromatic carbocycles. The van der Waals surface area contributed by atoms with E-state index in [0.29, 0.717) is 0 Å². The average Bonchev–Trinajstić information content (AvgIpc) is 1.90. The number of rotatable bonds is 1. The van der Waals surface area contributed by atoms with E-state index in [0.717, 1.165) is 0 Å². The van der Waals surface area contributed by atoms with Crippen LogP contribution < -0.4 is 5.32 Å². The highest BCUT2D eigenvalue weighted by Crippen LogP contribution is 1.72. The van der Waals surface area contributed by atoms with Crippen molar-refractivity contribution in [1.82, 2.24) is 5.32 Å². The fourth-order valence-electron chi connectivity index (χ4n) is 0.407. The number of nitrogens with one attached hydrogen (secondary N) is 1. The lowest BCUT2D eigenvalue weighted by Crippen LogP contribution is -2.27. The molecule has 0 unspecified atom stereocenters. The van der Waals surface area contributed by atoms with Gasteiger partial charge in [-0.25, -0.2) is 0 Å². The minimum atomic E-state index is 0. The Kier molecular flexibility index (Phi) is 24.6. The SMILES string of the molecule is CC.CC(=O)NC(C)C.CCC.[HH]. The van der Waals surface area contributed by atoms with Crippen molar-refractivity contribution in [3.8, 4) is 0 Å². The van der Waals surface area contributed by atoms with Crippen LogP contribution in [-0.4, -0.2) is 11.9 Å². The van der Waals surface area contributed by atoms with Gasteiger partial charge in [0, 0.05) is 14.4 Å². The van der Waals surface area contributed by atoms with E-state index in [2.05, 4.69) is 19.2 Å². The Hall–Kier alpha value is -0.530. The number of hydrogen-bond donors (Lipinski definition) is 1. The Morgan fingerprint density at radius 3 is 1.58 bits per heavy atom. The predicted octanol–water partition coefficient (Wildman–Crippen LogP) is 3.22. The van der Waals surface area contributed by atoms with Crippen molar-refractivity contribution >= 4 is 5.91 Å². The topological polar surface area (TPSA) is 29.1 Å². The average molecular weight is 177 g/mol. The minimum absolute atomic E-state index is 0. The summed E-state index contributed by atoms with van der Waals surface area (Å²) in [7, 11) is 0. The van der Waals surface area contributed by atoms with E-state index >= 15 is 0 Å². The highest BCUT2D eigenvalue weighted by Gasteiger charge is 1.90. The summed E-state index contributed by atoms with van der Waals surface area (Å²) in [6.45, 7) is 13.6. The van der Waals surface area contributed by atoms with E-state index in [-0.39, 0.29) is 13.4 Å². The standard InChI is InChI=1S/C5H11NO.C3H8.C2H6.H2/c1-4(2)6-5(3)7;1-3-2;1-2;/h4H,1-3H3,(H,6,7);3H2,1-2H3;1-2H3;1H. The predicted molar refractivity (Wildman–Crippen MR) is 58.4 cm³/mol. The lowest BCUT2D eigenvalue weighted by Gasteiger charge is -2.02. The van der Waals surface area contributed by atoms with E-state index in [9.17, 15) is 4.79 Å². The molecule has 12 heavy (non-hydrogen) atoms. The molecule has 0 bridgehead atoms. The van der Waals surface area contributed by atoms with Crippen molar-refractivity contribution in [3.63, 3.8) is 0 Å². The highest BCUT2D eigenvalue weighted by molar-refractivity contribution is 5.73. The largest absolute Gasteiger partial charge is 0.354 e. The quantitative estimate of drug-likeness (QED) is 0.654. The summed E-state index contributed by atoms with van der Waals surface area (Å²) in [5.41, 5.74) is 0. The monoisotopic (exact) mass is 177 g/mol. The summed E-state index contributed by atoms with van der Waals surface area (Å²) in [5, 5.41) is 2.67. The van der Waals surface area contributed by atoms with Gasteiger partial charge in [-0.05, 0) is 13.8 Å². The van der Waals surface area contributed by atoms with Crippen molar-refractivity contribution in [2.75, 3.05) is 0 Å². The van der Waals surface area contributed by atoms with Crippen LogP contribution in [0.1, 0.15) is 56.3 Å². The normalized spacial score (nSPS) is 7.33. The Bertz CT molecular complexity index is 85.0. The molecule has 0 aromatic rings. The first kappa shape index (κ1) is 17.5. The fourth-order valence-corrected chi connectivity index (χ4v) is 0.407. The summed E-state index contributed by atoms with van der Waals surface area (Å²) in [5.74, 6) is 0.0370. The van der Waals surface area contributed by atoms with Gasteiger partial charge in [-0.1, -0.05) is 34.1 Å². The van der Waals surface area contributed by atoms with Crippen LogP contribution >= 0.6 is 0 Å². The molecule has 78 valence electrons. The molecule has 0 fully saturated rings. The fraction of sp³-hybridized carbons (Fsp3) is 0.900. The van der Waals surface area contributed by atoms with Gasteiger partial charge < -0.3 is 5.32 Å². The molecule has 0 atom stereocenters. The zero-order chi connectivity index (χ0) is 10.6. The van der Waals surface area contributed by atoms with E-state index in [1.54, 1.807) is 0 Å². The first-order valence-corrected chi connectivity index (χ1v) is 4.81. The minimum Gasteiger partial charge on any atom is -0.354 e. The molecule has 0 saturated heterocycles. The maximum absolute atomic E-state index is 10.1. The molecule has 2 heteroatoms. The number of hydrogen-bond acceptors (Lipinski definition) is 1. The van der Waals surface area contributed by atoms with Gasteiger partial charge in [-0.2, -0.15) is 0 Å². The molecule has 0 aliphatic rings. The molecule has 0 aliphatic carbocycles. The number of carbonyl (C=O) groups excluding carboxylic acids is 1. The molecule has 1 N–H and O–H groups in total. The molecule has 0 rings (SSSR count). The van der Waals surface area contributed by atoms with Crippen LogP contribution in [0.5, 0.6) is 0 Å². The van der Waals surface area contributed by atoms with Gasteiger partial charge in [0.05, 0.1) is 0 Å². The van der Waals surface area contributed by atoms with E-state index < -0.39 is 0 Å². The summed E-state index contributed by atoms with van der Waals surface area (Å²) in [6.07, 6.45) is 1.25. The van der Waals surface area contributed by atoms with Crippen LogP contribution in [0.15, 0.2) is 0 Å². The van der Waals surface area contributed by atoms with Gasteiger partial charge in [0.15, 0.2) is 0 Å². The third kappa shape index (κ3) is 56.4. The van der Waals surface area contributed by atoms with Crippen LogP contribution in [0.4, 0.5) is 0 Å². The van der Waals surface area contributed by atoms with Crippen molar-refractivity contribution in [2.24, 2.45) is 0 Å². The summed E-state index contributed by atoms with van der Waals surface area (Å²) in [4.78, 5) is 10.1. The van der Waals surface area contributed by atoms with Crippen molar-refractivity contribution in [1.29, 1.82) is 0 Å². The first-order valence-electron chi connectivity index (χ1n) is 4.81. The maximum atomic E-state index is 10.1. The van der Waals surface area contributed by atoms with Crippen LogP contribution in [0.2, 0.25) is 0 Å². The molecular weight excluding hydrogens is 150 g/mol. The Morgan fingerprint density at radius 2 is 1.58 bits per heavy atom. The summed E-state index contributed by atoms with van der Waals surface area (Å²) in [6, 6.07) is 0.275. The second-order valence-electron chi connectivity index (χ2n) is 2.56. The van der Waals surface area contributed by atoms with Crippen molar-refractivity contribution in [2.45, 2.75) is 60.9 Å². The third-order valence-electron chi connectivity index (χ3n) is 0.492. The van der Waals surface area contributed by atoms with Crippen LogP contribution in [0.25, 0.3) is 0 Å². The van der Waals surface area contributed by atoms with Gasteiger partial charge in [-0.15, -0.1) is 0 Å². The number of carbonyl (C=O) groups is 1. The second kappa shape index (κ2) is 16.8. The van der Waals surface area contributed by atoms with Crippen LogP contribution in [-0.2, 0) is 4.79 Å². The Balaban J connectivity index is -0.0000000581. The first-order chi connectivity index (χ1) is 5.54. The molecule has 0 spiro atoms. The molecule has 0 heterocycles. The zero-order valence-corrected chi connectivity index (χ0v) is 9.69. The molecule has 2 nitrogen and oxygen atoms in total. The lowest BCUT2D eigenvalue weighted by molar-refractivity contribution is -0.119. The highest BCUT2D eigenvalue weighted by atomic mass is 16.1. The van der Waals surface area contributed by atoms with Crippen molar-refractivity contribution < 1.29 is 6.22 Å². The van der Waals surface area contributed by atoms with Crippen molar-refractivity contribution in [3.05, 3.63) is 0 Å². The van der Waals surface area contributed by atoms with Gasteiger partial charge in [0.2, 0.25) is 5.91 Å². The van der Waals surface area contributed by atoms with Gasteiger partial charge in [0.1, 0.15) is 0 Å². The Labute approximate surface area is 79.2 Å². The third-order valence-corrected chi connectivity index (χ3v) is 0.492. The second-order valence-corrected chi connectivity index (χ2v) is 2.56. The van der Waals surface area contributed by atoms with E-state index in [4.69, 9.17) is 0 Å². The van der Waals surface area contributed by atoms with Gasteiger partial charge in [0.25, 0.3) is 0 Å². The Morgan fingerprint density at radius 1 is 1.33 bits per heavy atom. The smallest absolute Gasteiger partial charge is 0.217 e. The molecule has 1 amide bonds. The van der Waals surface area contributed by atoms with Gasteiger partial charge in [-0.3, -0.25) is 4.79 Å².